The zero-order valence-electron chi connectivity index (χ0n) is 16.6. The zero-order valence-corrected chi connectivity index (χ0v) is 16.6. The van der Waals surface area contributed by atoms with Crippen LogP contribution >= 0.6 is 0 Å². The Kier molecular flexibility index (Phi) is 4.36. The standard InChI is InChI=1S/C21H27N3O4/c1-20(2,3)28-19(27)24-7-6-21(12-24)10-14(17(25)11-21)8-13-4-5-15-16(9-13)23-18(26)22-15/h4-5,9,14H,6-8,10-12H2,1-3H3,(H2,22,23,26). The van der Waals surface area contributed by atoms with Gasteiger partial charge in [-0.05, 0) is 63.1 Å². The highest BCUT2D eigenvalue weighted by Crippen LogP contribution is 2.47. The molecule has 2 fully saturated rings. The number of nitrogens with zero attached hydrogens (tertiary/aromatic N) is 1. The first-order valence-corrected chi connectivity index (χ1v) is 9.84. The van der Waals surface area contributed by atoms with E-state index in [1.807, 2.05) is 39.0 Å². The van der Waals surface area contributed by atoms with Crippen molar-refractivity contribution >= 4 is 22.9 Å². The van der Waals surface area contributed by atoms with Crippen LogP contribution in [0.5, 0.6) is 0 Å². The van der Waals surface area contributed by atoms with E-state index in [9.17, 15) is 14.4 Å². The van der Waals surface area contributed by atoms with Gasteiger partial charge in [-0.2, -0.15) is 0 Å². The smallest absolute Gasteiger partial charge is 0.410 e. The molecule has 1 aliphatic heterocycles. The predicted octanol–water partition coefficient (Wildman–Crippen LogP) is 3.01. The number of carbonyl (C=O) groups excluding carboxylic acids is 2. The number of ether oxygens (including phenoxy) is 1. The summed E-state index contributed by atoms with van der Waals surface area (Å²) in [6.45, 7) is 6.82. The number of fused-ring (bicyclic) bond motifs is 1. The third-order valence-corrected chi connectivity index (χ3v) is 5.84. The van der Waals surface area contributed by atoms with Gasteiger partial charge in [-0.15, -0.1) is 0 Å². The molecule has 4 rings (SSSR count). The summed E-state index contributed by atoms with van der Waals surface area (Å²) < 4.78 is 5.49. The number of Topliss-reactive ketones (excluding diaryl/α,β-unsaturated/α-hetero) is 1. The lowest BCUT2D eigenvalue weighted by molar-refractivity contribution is -0.121. The van der Waals surface area contributed by atoms with Gasteiger partial charge in [0.25, 0.3) is 0 Å². The summed E-state index contributed by atoms with van der Waals surface area (Å²) in [7, 11) is 0. The Morgan fingerprint density at radius 1 is 1.25 bits per heavy atom. The van der Waals surface area contributed by atoms with Crippen LogP contribution in [0.25, 0.3) is 11.0 Å². The molecule has 7 heteroatoms. The molecule has 2 N–H and O–H groups in total. The van der Waals surface area contributed by atoms with Gasteiger partial charge >= 0.3 is 11.8 Å². The summed E-state index contributed by atoms with van der Waals surface area (Å²) in [6, 6.07) is 5.77. The lowest BCUT2D eigenvalue weighted by atomic mass is 9.83. The van der Waals surface area contributed by atoms with Gasteiger partial charge in [0.2, 0.25) is 0 Å². The summed E-state index contributed by atoms with van der Waals surface area (Å²) in [5.74, 6) is 0.232. The Morgan fingerprint density at radius 3 is 2.75 bits per heavy atom. The molecule has 1 aliphatic carbocycles. The highest BCUT2D eigenvalue weighted by Gasteiger charge is 2.49. The molecular weight excluding hydrogens is 358 g/mol. The summed E-state index contributed by atoms with van der Waals surface area (Å²) in [6.07, 6.45) is 2.55. The summed E-state index contributed by atoms with van der Waals surface area (Å²) >= 11 is 0. The zero-order chi connectivity index (χ0) is 20.1. The number of hydrogen-bond acceptors (Lipinski definition) is 4. The van der Waals surface area contributed by atoms with Crippen LogP contribution in [0.2, 0.25) is 0 Å². The minimum Gasteiger partial charge on any atom is -0.444 e. The molecule has 0 bridgehead atoms. The summed E-state index contributed by atoms with van der Waals surface area (Å²) in [5.41, 5.74) is 1.71. The molecule has 2 atom stereocenters. The molecule has 2 unspecified atom stereocenters. The van der Waals surface area contributed by atoms with Crippen LogP contribution in [0.1, 0.15) is 45.6 Å². The predicted molar refractivity (Wildman–Crippen MR) is 105 cm³/mol. The highest BCUT2D eigenvalue weighted by molar-refractivity contribution is 5.85. The average Bonchev–Trinajstić information content (AvgIpc) is 3.23. The lowest BCUT2D eigenvalue weighted by Crippen LogP contribution is -2.36. The van der Waals surface area contributed by atoms with Gasteiger partial charge in [0.15, 0.2) is 0 Å². The molecule has 1 spiro atoms. The van der Waals surface area contributed by atoms with Gasteiger partial charge in [-0.25, -0.2) is 9.59 Å². The van der Waals surface area contributed by atoms with Crippen LogP contribution < -0.4 is 5.69 Å². The van der Waals surface area contributed by atoms with Crippen molar-refractivity contribution < 1.29 is 14.3 Å². The first kappa shape index (κ1) is 18.8. The normalized spacial score (nSPS) is 25.2. The number of H-pyrrole nitrogens is 2. The van der Waals surface area contributed by atoms with Crippen molar-refractivity contribution in [3.8, 4) is 0 Å². The molecular formula is C21H27N3O4. The molecule has 1 saturated carbocycles. The number of carbonyl (C=O) groups is 2. The molecule has 2 aromatic rings. The van der Waals surface area contributed by atoms with E-state index < -0.39 is 5.60 Å². The van der Waals surface area contributed by atoms with Crippen molar-refractivity contribution in [2.75, 3.05) is 13.1 Å². The van der Waals surface area contributed by atoms with Gasteiger partial charge in [0.1, 0.15) is 11.4 Å². The summed E-state index contributed by atoms with van der Waals surface area (Å²) in [5, 5.41) is 0. The van der Waals surface area contributed by atoms with Crippen molar-refractivity contribution in [3.63, 3.8) is 0 Å². The first-order valence-electron chi connectivity index (χ1n) is 9.84. The fourth-order valence-electron chi connectivity index (χ4n) is 4.63. The molecule has 28 heavy (non-hydrogen) atoms. The van der Waals surface area contributed by atoms with Crippen LogP contribution in [0, 0.1) is 11.3 Å². The van der Waals surface area contributed by atoms with Gasteiger partial charge < -0.3 is 19.6 Å². The molecule has 1 aromatic carbocycles. The van der Waals surface area contributed by atoms with Crippen molar-refractivity contribution in [1.29, 1.82) is 0 Å². The fourth-order valence-corrected chi connectivity index (χ4v) is 4.63. The number of benzene rings is 1. The van der Waals surface area contributed by atoms with Crippen LogP contribution in [0.15, 0.2) is 23.0 Å². The Bertz CT molecular complexity index is 983. The van der Waals surface area contributed by atoms with Crippen molar-refractivity contribution in [2.45, 2.75) is 52.1 Å². The van der Waals surface area contributed by atoms with Gasteiger partial charge in [-0.3, -0.25) is 4.79 Å². The number of hydrogen-bond donors (Lipinski definition) is 2. The van der Waals surface area contributed by atoms with Gasteiger partial charge in [-0.1, -0.05) is 6.07 Å². The minimum absolute atomic E-state index is 0.0401. The third kappa shape index (κ3) is 3.70. The van der Waals surface area contributed by atoms with E-state index in [-0.39, 0.29) is 28.9 Å². The average molecular weight is 385 g/mol. The highest BCUT2D eigenvalue weighted by atomic mass is 16.6. The number of imidazole rings is 1. The van der Waals surface area contributed by atoms with Crippen molar-refractivity contribution in [2.24, 2.45) is 11.3 Å². The van der Waals surface area contributed by atoms with E-state index >= 15 is 0 Å². The molecule has 1 amide bonds. The molecule has 2 heterocycles. The van der Waals surface area contributed by atoms with E-state index in [4.69, 9.17) is 4.74 Å². The van der Waals surface area contributed by atoms with Crippen LogP contribution in [-0.4, -0.2) is 45.4 Å². The van der Waals surface area contributed by atoms with Gasteiger partial charge in [0.05, 0.1) is 11.0 Å². The first-order chi connectivity index (χ1) is 13.1. The Morgan fingerprint density at radius 2 is 2.00 bits per heavy atom. The SMILES string of the molecule is CC(C)(C)OC(=O)N1CCC2(CC(=O)C(Cc3ccc4[nH]c(=O)[nH]c4c3)C2)C1. The minimum atomic E-state index is -0.515. The molecule has 150 valence electrons. The number of amides is 1. The third-order valence-electron chi connectivity index (χ3n) is 5.84. The number of ketones is 1. The number of aromatic nitrogens is 2. The Hall–Kier alpha value is -2.57. The van der Waals surface area contributed by atoms with E-state index in [1.165, 1.54) is 0 Å². The maximum atomic E-state index is 12.7. The van der Waals surface area contributed by atoms with Crippen LogP contribution in [0.3, 0.4) is 0 Å². The lowest BCUT2D eigenvalue weighted by Gasteiger charge is -2.26. The van der Waals surface area contributed by atoms with E-state index in [1.54, 1.807) is 4.90 Å². The fraction of sp³-hybridized carbons (Fsp3) is 0.571. The molecule has 7 nitrogen and oxygen atoms in total. The van der Waals surface area contributed by atoms with E-state index in [0.717, 1.165) is 29.4 Å². The quantitative estimate of drug-likeness (QED) is 0.831. The number of nitrogens with one attached hydrogen (secondary N) is 2. The topological polar surface area (TPSA) is 95.3 Å². The molecule has 0 radical (unpaired) electrons. The Balaban J connectivity index is 1.43. The number of aromatic amines is 2. The number of rotatable bonds is 2. The summed E-state index contributed by atoms with van der Waals surface area (Å²) in [4.78, 5) is 43.8. The van der Waals surface area contributed by atoms with Crippen LogP contribution in [-0.2, 0) is 16.0 Å². The molecule has 1 saturated heterocycles. The van der Waals surface area contributed by atoms with Crippen molar-refractivity contribution in [3.05, 3.63) is 34.2 Å². The van der Waals surface area contributed by atoms with E-state index in [2.05, 4.69) is 9.97 Å². The van der Waals surface area contributed by atoms with E-state index in [0.29, 0.717) is 25.9 Å². The van der Waals surface area contributed by atoms with Crippen molar-refractivity contribution in [1.82, 2.24) is 14.9 Å². The van der Waals surface area contributed by atoms with Crippen LogP contribution in [0.4, 0.5) is 4.79 Å². The number of likely N-dealkylation sites (tertiary alicyclic amines) is 1. The largest absolute Gasteiger partial charge is 0.444 e. The second-order valence-corrected chi connectivity index (χ2v) is 9.36. The maximum absolute atomic E-state index is 12.7. The molecule has 2 aliphatic rings. The van der Waals surface area contributed by atoms with Gasteiger partial charge in [0, 0.05) is 25.4 Å². The Labute approximate surface area is 163 Å². The second kappa shape index (κ2) is 6.50. The molecule has 1 aromatic heterocycles. The maximum Gasteiger partial charge on any atom is 0.410 e. The monoisotopic (exact) mass is 385 g/mol. The second-order valence-electron chi connectivity index (χ2n) is 9.36.